The van der Waals surface area contributed by atoms with Crippen molar-refractivity contribution in [2.45, 2.75) is 6.10 Å². The Morgan fingerprint density at radius 3 is 2.45 bits per heavy atom. The summed E-state index contributed by atoms with van der Waals surface area (Å²) in [6.45, 7) is 0.396. The fraction of sp³-hybridized carbons (Fsp3) is 0.250. The van der Waals surface area contributed by atoms with Crippen LogP contribution in [0.15, 0.2) is 48.5 Å². The lowest BCUT2D eigenvalue weighted by atomic mass is 10.1. The van der Waals surface area contributed by atoms with Crippen molar-refractivity contribution in [1.82, 2.24) is 0 Å². The number of anilines is 1. The van der Waals surface area contributed by atoms with E-state index in [4.69, 9.17) is 9.47 Å². The van der Waals surface area contributed by atoms with Gasteiger partial charge in [-0.25, -0.2) is 0 Å². The van der Waals surface area contributed by atoms with Crippen molar-refractivity contribution < 1.29 is 14.6 Å². The first kappa shape index (κ1) is 14.2. The number of aliphatic hydroxyl groups is 1. The number of aliphatic hydroxyl groups excluding tert-OH is 1. The first-order valence-electron chi connectivity index (χ1n) is 6.43. The molecule has 0 amide bonds. The van der Waals surface area contributed by atoms with Crippen LogP contribution in [0.1, 0.15) is 11.7 Å². The van der Waals surface area contributed by atoms with Crippen LogP contribution in [-0.4, -0.2) is 25.9 Å². The molecular formula is C16H19NO3. The molecule has 2 rings (SSSR count). The average molecular weight is 273 g/mol. The van der Waals surface area contributed by atoms with Crippen LogP contribution in [0.5, 0.6) is 11.5 Å². The van der Waals surface area contributed by atoms with Gasteiger partial charge in [0.2, 0.25) is 0 Å². The topological polar surface area (TPSA) is 50.7 Å². The van der Waals surface area contributed by atoms with Crippen LogP contribution in [0.25, 0.3) is 0 Å². The number of methoxy groups -OCH3 is 2. The van der Waals surface area contributed by atoms with E-state index in [0.29, 0.717) is 12.3 Å². The standard InChI is InChI=1S/C16H19NO3/c1-19-13-8-9-16(20-2)14(10-13)17-11-15(18)12-6-4-3-5-7-12/h3-10,15,17-18H,11H2,1-2H3. The lowest BCUT2D eigenvalue weighted by Crippen LogP contribution is -2.12. The number of hydrogen-bond acceptors (Lipinski definition) is 4. The van der Waals surface area contributed by atoms with Crippen molar-refractivity contribution in [3.8, 4) is 11.5 Å². The summed E-state index contributed by atoms with van der Waals surface area (Å²) in [6.07, 6.45) is -0.577. The van der Waals surface area contributed by atoms with E-state index in [2.05, 4.69) is 5.32 Å². The minimum Gasteiger partial charge on any atom is -0.497 e. The van der Waals surface area contributed by atoms with Gasteiger partial charge < -0.3 is 19.9 Å². The van der Waals surface area contributed by atoms with E-state index in [9.17, 15) is 5.11 Å². The Bertz CT molecular complexity index is 543. The molecule has 0 saturated carbocycles. The fourth-order valence-corrected chi connectivity index (χ4v) is 1.95. The van der Waals surface area contributed by atoms with Gasteiger partial charge in [0.1, 0.15) is 11.5 Å². The quantitative estimate of drug-likeness (QED) is 0.849. The first-order chi connectivity index (χ1) is 9.74. The minimum atomic E-state index is -0.577. The highest BCUT2D eigenvalue weighted by Crippen LogP contribution is 2.29. The highest BCUT2D eigenvalue weighted by molar-refractivity contribution is 5.59. The van der Waals surface area contributed by atoms with Gasteiger partial charge in [-0.3, -0.25) is 0 Å². The summed E-state index contributed by atoms with van der Waals surface area (Å²) < 4.78 is 10.5. The van der Waals surface area contributed by atoms with E-state index >= 15 is 0 Å². The molecule has 20 heavy (non-hydrogen) atoms. The summed E-state index contributed by atoms with van der Waals surface area (Å²) in [5.41, 5.74) is 1.67. The zero-order valence-corrected chi connectivity index (χ0v) is 11.7. The van der Waals surface area contributed by atoms with Crippen LogP contribution in [0.3, 0.4) is 0 Å². The Labute approximate surface area is 119 Å². The third-order valence-electron chi connectivity index (χ3n) is 3.08. The Morgan fingerprint density at radius 2 is 1.80 bits per heavy atom. The maximum Gasteiger partial charge on any atom is 0.142 e. The van der Waals surface area contributed by atoms with Gasteiger partial charge in [0, 0.05) is 12.6 Å². The van der Waals surface area contributed by atoms with Gasteiger partial charge in [0.25, 0.3) is 0 Å². The molecule has 0 aliphatic carbocycles. The van der Waals surface area contributed by atoms with Crippen molar-refractivity contribution in [2.24, 2.45) is 0 Å². The van der Waals surface area contributed by atoms with Crippen molar-refractivity contribution in [3.05, 3.63) is 54.1 Å². The first-order valence-corrected chi connectivity index (χ1v) is 6.43. The zero-order chi connectivity index (χ0) is 14.4. The van der Waals surface area contributed by atoms with Crippen molar-refractivity contribution in [2.75, 3.05) is 26.1 Å². The van der Waals surface area contributed by atoms with Gasteiger partial charge in [-0.05, 0) is 17.7 Å². The molecule has 0 saturated heterocycles. The summed E-state index contributed by atoms with van der Waals surface area (Å²) in [5.74, 6) is 1.45. The maximum atomic E-state index is 10.1. The highest BCUT2D eigenvalue weighted by Gasteiger charge is 2.09. The number of nitrogens with one attached hydrogen (secondary N) is 1. The molecule has 0 spiro atoms. The van der Waals surface area contributed by atoms with E-state index in [1.807, 2.05) is 48.5 Å². The lowest BCUT2D eigenvalue weighted by Gasteiger charge is -2.16. The largest absolute Gasteiger partial charge is 0.497 e. The predicted octanol–water partition coefficient (Wildman–Crippen LogP) is 2.85. The molecule has 0 fully saturated rings. The summed E-state index contributed by atoms with van der Waals surface area (Å²) in [6, 6.07) is 15.0. The van der Waals surface area contributed by atoms with E-state index in [0.717, 1.165) is 17.0 Å². The normalized spacial score (nSPS) is 11.8. The van der Waals surface area contributed by atoms with Crippen molar-refractivity contribution in [1.29, 1.82) is 0 Å². The number of benzene rings is 2. The second-order valence-electron chi connectivity index (χ2n) is 4.37. The molecule has 106 valence electrons. The van der Waals surface area contributed by atoms with Crippen molar-refractivity contribution >= 4 is 5.69 Å². The van der Waals surface area contributed by atoms with E-state index in [1.54, 1.807) is 14.2 Å². The molecule has 2 N–H and O–H groups in total. The van der Waals surface area contributed by atoms with Crippen LogP contribution < -0.4 is 14.8 Å². The summed E-state index contributed by atoms with van der Waals surface area (Å²) in [7, 11) is 3.23. The van der Waals surface area contributed by atoms with Crippen LogP contribution in [-0.2, 0) is 0 Å². The second-order valence-corrected chi connectivity index (χ2v) is 4.37. The molecule has 2 aromatic carbocycles. The molecule has 1 unspecified atom stereocenters. The lowest BCUT2D eigenvalue weighted by molar-refractivity contribution is 0.191. The average Bonchev–Trinajstić information content (AvgIpc) is 2.53. The smallest absolute Gasteiger partial charge is 0.142 e. The molecular weight excluding hydrogens is 254 g/mol. The monoisotopic (exact) mass is 273 g/mol. The maximum absolute atomic E-state index is 10.1. The van der Waals surface area contributed by atoms with E-state index in [-0.39, 0.29) is 0 Å². The molecule has 0 radical (unpaired) electrons. The minimum absolute atomic E-state index is 0.396. The van der Waals surface area contributed by atoms with Crippen LogP contribution in [0.2, 0.25) is 0 Å². The Morgan fingerprint density at radius 1 is 1.05 bits per heavy atom. The molecule has 0 aromatic heterocycles. The Kier molecular flexibility index (Phi) is 4.85. The molecule has 4 heteroatoms. The molecule has 0 aliphatic rings. The van der Waals surface area contributed by atoms with E-state index < -0.39 is 6.10 Å². The SMILES string of the molecule is COc1ccc(OC)c(NCC(O)c2ccccc2)c1. The molecule has 0 bridgehead atoms. The van der Waals surface area contributed by atoms with Crippen molar-refractivity contribution in [3.63, 3.8) is 0 Å². The summed E-state index contributed by atoms with van der Waals surface area (Å²) >= 11 is 0. The van der Waals surface area contributed by atoms with Gasteiger partial charge in [0.15, 0.2) is 0 Å². The fourth-order valence-electron chi connectivity index (χ4n) is 1.95. The molecule has 0 heterocycles. The van der Waals surface area contributed by atoms with Gasteiger partial charge in [-0.15, -0.1) is 0 Å². The van der Waals surface area contributed by atoms with Crippen LogP contribution in [0.4, 0.5) is 5.69 Å². The zero-order valence-electron chi connectivity index (χ0n) is 11.7. The van der Waals surface area contributed by atoms with Gasteiger partial charge in [-0.1, -0.05) is 30.3 Å². The van der Waals surface area contributed by atoms with Gasteiger partial charge in [0.05, 0.1) is 26.0 Å². The predicted molar refractivity (Wildman–Crippen MR) is 79.4 cm³/mol. The highest BCUT2D eigenvalue weighted by atomic mass is 16.5. The van der Waals surface area contributed by atoms with Gasteiger partial charge >= 0.3 is 0 Å². The number of rotatable bonds is 6. The Hall–Kier alpha value is -2.20. The third kappa shape index (κ3) is 3.42. The molecule has 2 aromatic rings. The van der Waals surface area contributed by atoms with Gasteiger partial charge in [-0.2, -0.15) is 0 Å². The summed E-state index contributed by atoms with van der Waals surface area (Å²) in [4.78, 5) is 0. The Balaban J connectivity index is 2.06. The molecule has 4 nitrogen and oxygen atoms in total. The van der Waals surface area contributed by atoms with Crippen LogP contribution in [0, 0.1) is 0 Å². The molecule has 1 atom stereocenters. The molecule has 0 aliphatic heterocycles. The second kappa shape index (κ2) is 6.82. The number of hydrogen-bond donors (Lipinski definition) is 2. The summed E-state index contributed by atoms with van der Waals surface area (Å²) in [5, 5.41) is 13.3. The number of ether oxygens (including phenoxy) is 2. The van der Waals surface area contributed by atoms with Crippen LogP contribution >= 0.6 is 0 Å². The van der Waals surface area contributed by atoms with E-state index in [1.165, 1.54) is 0 Å². The third-order valence-corrected chi connectivity index (χ3v) is 3.08.